The van der Waals surface area contributed by atoms with E-state index in [-0.39, 0.29) is 12.0 Å². The quantitative estimate of drug-likeness (QED) is 0.692. The van der Waals surface area contributed by atoms with Crippen LogP contribution < -0.4 is 0 Å². The molecule has 4 aliphatic carbocycles. The topological polar surface area (TPSA) is 20.2 Å². The van der Waals surface area contributed by atoms with Crippen LogP contribution in [-0.4, -0.2) is 17.6 Å². The third-order valence-electron chi connectivity index (χ3n) is 4.74. The zero-order chi connectivity index (χ0) is 9.97. The molecule has 0 amide bonds. The van der Waals surface area contributed by atoms with E-state index in [0.717, 1.165) is 6.42 Å². The Hall–Kier alpha value is -0.180. The highest BCUT2D eigenvalue weighted by atomic mass is 19.3. The van der Waals surface area contributed by atoms with Crippen molar-refractivity contribution in [1.82, 2.24) is 0 Å². The fourth-order valence-corrected chi connectivity index (χ4v) is 4.26. The highest BCUT2D eigenvalue weighted by molar-refractivity contribution is 5.08. The number of alkyl halides is 2. The Bertz CT molecular complexity index is 246. The molecule has 0 aromatic rings. The van der Waals surface area contributed by atoms with Crippen molar-refractivity contribution in [2.24, 2.45) is 23.2 Å². The van der Waals surface area contributed by atoms with Crippen LogP contribution in [0.4, 0.5) is 8.78 Å². The molecule has 14 heavy (non-hydrogen) atoms. The Kier molecular flexibility index (Phi) is 1.61. The van der Waals surface area contributed by atoms with E-state index in [9.17, 15) is 13.9 Å². The molecule has 4 aliphatic rings. The molecule has 0 aromatic carbocycles. The fourth-order valence-electron chi connectivity index (χ4n) is 4.26. The smallest absolute Gasteiger partial charge is 0.253 e. The summed E-state index contributed by atoms with van der Waals surface area (Å²) in [5, 5.41) is 9.36. The lowest BCUT2D eigenvalue weighted by Gasteiger charge is -2.59. The van der Waals surface area contributed by atoms with Gasteiger partial charge < -0.3 is 5.11 Å². The van der Waals surface area contributed by atoms with Crippen LogP contribution in [0.3, 0.4) is 0 Å². The summed E-state index contributed by atoms with van der Waals surface area (Å²) in [4.78, 5) is 0. The highest BCUT2D eigenvalue weighted by Crippen LogP contribution is 2.64. The third-order valence-corrected chi connectivity index (χ3v) is 4.74. The molecule has 1 nitrogen and oxygen atoms in total. The van der Waals surface area contributed by atoms with Gasteiger partial charge in [0.25, 0.3) is 5.92 Å². The van der Waals surface area contributed by atoms with Crippen LogP contribution in [0.25, 0.3) is 0 Å². The van der Waals surface area contributed by atoms with Gasteiger partial charge in [-0.1, -0.05) is 0 Å². The van der Waals surface area contributed by atoms with Gasteiger partial charge in [0.15, 0.2) is 0 Å². The monoisotopic (exact) mass is 202 g/mol. The fraction of sp³-hybridized carbons (Fsp3) is 1.00. The molecule has 0 radical (unpaired) electrons. The lowest BCUT2D eigenvalue weighted by atomic mass is 9.48. The number of rotatable bonds is 1. The number of hydrogen-bond donors (Lipinski definition) is 1. The van der Waals surface area contributed by atoms with Gasteiger partial charge in [0, 0.05) is 18.4 Å². The Balaban J connectivity index is 1.96. The van der Waals surface area contributed by atoms with Crippen LogP contribution in [0.2, 0.25) is 0 Å². The van der Waals surface area contributed by atoms with E-state index in [4.69, 9.17) is 0 Å². The van der Waals surface area contributed by atoms with E-state index in [0.29, 0.717) is 31.6 Å². The van der Waals surface area contributed by atoms with Crippen LogP contribution in [0, 0.1) is 23.2 Å². The Morgan fingerprint density at radius 2 is 1.64 bits per heavy atom. The molecule has 4 rings (SSSR count). The molecule has 0 aromatic heterocycles. The van der Waals surface area contributed by atoms with E-state index in [2.05, 4.69) is 0 Å². The number of aliphatic hydroxyl groups is 1. The molecule has 0 unspecified atom stereocenters. The van der Waals surface area contributed by atoms with Gasteiger partial charge in [-0.2, -0.15) is 0 Å². The van der Waals surface area contributed by atoms with Gasteiger partial charge in [-0.3, -0.25) is 0 Å². The normalized spacial score (nSPS) is 53.8. The summed E-state index contributed by atoms with van der Waals surface area (Å²) < 4.78 is 27.5. The molecule has 0 saturated heterocycles. The average molecular weight is 202 g/mol. The largest absolute Gasteiger partial charge is 0.396 e. The maximum Gasteiger partial charge on any atom is 0.253 e. The summed E-state index contributed by atoms with van der Waals surface area (Å²) in [6, 6.07) is 0. The first-order valence-corrected chi connectivity index (χ1v) is 5.54. The first kappa shape index (κ1) is 9.08. The second-order valence-electron chi connectivity index (χ2n) is 5.68. The second-order valence-corrected chi connectivity index (χ2v) is 5.68. The van der Waals surface area contributed by atoms with Gasteiger partial charge in [0.2, 0.25) is 0 Å². The second kappa shape index (κ2) is 2.49. The average Bonchev–Trinajstić information content (AvgIpc) is 2.14. The van der Waals surface area contributed by atoms with Gasteiger partial charge in [0.05, 0.1) is 0 Å². The molecule has 0 aliphatic heterocycles. The molecule has 80 valence electrons. The maximum atomic E-state index is 13.7. The maximum absolute atomic E-state index is 13.7. The van der Waals surface area contributed by atoms with Crippen molar-refractivity contribution in [2.45, 2.75) is 38.0 Å². The number of halogens is 2. The SMILES string of the molecule is OCC12CC3C[C@H](C1)C(F)(F)[C@H](C3)C2. The molecule has 3 heteroatoms. The van der Waals surface area contributed by atoms with E-state index >= 15 is 0 Å². The molecule has 0 spiro atoms. The molecule has 4 saturated carbocycles. The van der Waals surface area contributed by atoms with Crippen LogP contribution in [0.15, 0.2) is 0 Å². The van der Waals surface area contributed by atoms with Crippen molar-refractivity contribution >= 4 is 0 Å². The standard InChI is InChI=1S/C11H16F2O/c12-11(13)8-1-7-2-9(11)5-10(3-7,4-8)6-14/h7-9,14H,1-6H2/t7?,8-,9-,10?/m1/s1. The lowest BCUT2D eigenvalue weighted by molar-refractivity contribution is -0.232. The van der Waals surface area contributed by atoms with Crippen LogP contribution >= 0.6 is 0 Å². The molecule has 2 atom stereocenters. The summed E-state index contributed by atoms with van der Waals surface area (Å²) in [6.07, 6.45) is 3.51. The van der Waals surface area contributed by atoms with Gasteiger partial charge in [-0.25, -0.2) is 8.78 Å². The van der Waals surface area contributed by atoms with Crippen LogP contribution in [0.5, 0.6) is 0 Å². The van der Waals surface area contributed by atoms with Gasteiger partial charge in [0.1, 0.15) is 0 Å². The third kappa shape index (κ3) is 0.967. The van der Waals surface area contributed by atoms with Crippen molar-refractivity contribution in [3.8, 4) is 0 Å². The van der Waals surface area contributed by atoms with Crippen molar-refractivity contribution < 1.29 is 13.9 Å². The Morgan fingerprint density at radius 1 is 1.07 bits per heavy atom. The van der Waals surface area contributed by atoms with E-state index in [1.165, 1.54) is 0 Å². The Morgan fingerprint density at radius 3 is 2.14 bits per heavy atom. The van der Waals surface area contributed by atoms with Crippen molar-refractivity contribution in [3.05, 3.63) is 0 Å². The summed E-state index contributed by atoms with van der Waals surface area (Å²) >= 11 is 0. The number of hydrogen-bond acceptors (Lipinski definition) is 1. The molecule has 0 heterocycles. The minimum atomic E-state index is -2.43. The minimum absolute atomic E-state index is 0.118. The van der Waals surface area contributed by atoms with E-state index < -0.39 is 17.8 Å². The zero-order valence-electron chi connectivity index (χ0n) is 8.18. The van der Waals surface area contributed by atoms with Crippen LogP contribution in [0.1, 0.15) is 32.1 Å². The molecule has 1 N–H and O–H groups in total. The minimum Gasteiger partial charge on any atom is -0.396 e. The molecule has 4 fully saturated rings. The van der Waals surface area contributed by atoms with Crippen molar-refractivity contribution in [3.63, 3.8) is 0 Å². The van der Waals surface area contributed by atoms with E-state index in [1.807, 2.05) is 0 Å². The van der Waals surface area contributed by atoms with Gasteiger partial charge in [-0.15, -0.1) is 0 Å². The highest BCUT2D eigenvalue weighted by Gasteiger charge is 2.63. The van der Waals surface area contributed by atoms with E-state index in [1.54, 1.807) is 0 Å². The summed E-state index contributed by atoms with van der Waals surface area (Å²) in [6.45, 7) is 0.118. The summed E-state index contributed by atoms with van der Waals surface area (Å²) in [7, 11) is 0. The van der Waals surface area contributed by atoms with Gasteiger partial charge >= 0.3 is 0 Å². The van der Waals surface area contributed by atoms with Crippen molar-refractivity contribution in [1.29, 1.82) is 0 Å². The predicted molar refractivity (Wildman–Crippen MR) is 48.0 cm³/mol. The molecule has 4 bridgehead atoms. The van der Waals surface area contributed by atoms with Gasteiger partial charge in [-0.05, 0) is 43.4 Å². The van der Waals surface area contributed by atoms with Crippen LogP contribution in [-0.2, 0) is 0 Å². The first-order valence-electron chi connectivity index (χ1n) is 5.54. The summed E-state index contributed by atoms with van der Waals surface area (Å²) in [5.74, 6) is -2.82. The molecular formula is C11H16F2O. The predicted octanol–water partition coefficient (Wildman–Crippen LogP) is 2.44. The lowest BCUT2D eigenvalue weighted by Crippen LogP contribution is -2.58. The zero-order valence-corrected chi connectivity index (χ0v) is 8.18. The first-order chi connectivity index (χ1) is 6.56. The number of aliphatic hydroxyl groups excluding tert-OH is 1. The van der Waals surface area contributed by atoms with Crippen molar-refractivity contribution in [2.75, 3.05) is 6.61 Å². The summed E-state index contributed by atoms with van der Waals surface area (Å²) in [5.41, 5.74) is -0.127. The molecular weight excluding hydrogens is 186 g/mol. The Labute approximate surface area is 82.5 Å².